The molecule has 2 heteroatoms. The molecule has 18 heavy (non-hydrogen) atoms. The van der Waals surface area contributed by atoms with Gasteiger partial charge in [-0.25, -0.2) is 4.79 Å². The van der Waals surface area contributed by atoms with Gasteiger partial charge in [0.2, 0.25) is 0 Å². The molecular formula is C16H24O2. The van der Waals surface area contributed by atoms with Crippen LogP contribution in [0.25, 0.3) is 0 Å². The molecule has 0 heterocycles. The van der Waals surface area contributed by atoms with Crippen LogP contribution in [0.1, 0.15) is 39.0 Å². The predicted octanol–water partition coefficient (Wildman–Crippen LogP) is 3.42. The van der Waals surface area contributed by atoms with Crippen molar-refractivity contribution in [3.63, 3.8) is 0 Å². The van der Waals surface area contributed by atoms with Crippen molar-refractivity contribution in [1.82, 2.24) is 0 Å². The van der Waals surface area contributed by atoms with E-state index in [1.807, 2.05) is 0 Å². The molecule has 0 aromatic carbocycles. The lowest BCUT2D eigenvalue weighted by molar-refractivity contribution is -0.139. The van der Waals surface area contributed by atoms with Gasteiger partial charge < -0.3 is 4.74 Å². The number of esters is 1. The molecular weight excluding hydrogens is 224 g/mol. The maximum absolute atomic E-state index is 11.1. The second kappa shape index (κ2) is 4.71. The summed E-state index contributed by atoms with van der Waals surface area (Å²) in [5.74, 6) is 5.22. The number of fused-ring (bicyclic) bond motifs is 5. The lowest BCUT2D eigenvalue weighted by Crippen LogP contribution is -2.23. The third-order valence-electron chi connectivity index (χ3n) is 5.85. The van der Waals surface area contributed by atoms with Gasteiger partial charge in [-0.1, -0.05) is 19.9 Å². The van der Waals surface area contributed by atoms with Crippen molar-refractivity contribution < 1.29 is 9.53 Å². The van der Waals surface area contributed by atoms with Crippen molar-refractivity contribution in [3.8, 4) is 0 Å². The lowest BCUT2D eigenvalue weighted by Gasteiger charge is -2.30. The summed E-state index contributed by atoms with van der Waals surface area (Å²) in [6, 6.07) is 0. The van der Waals surface area contributed by atoms with Crippen molar-refractivity contribution in [2.24, 2.45) is 35.5 Å². The van der Waals surface area contributed by atoms with Gasteiger partial charge in [0.25, 0.3) is 0 Å². The van der Waals surface area contributed by atoms with Gasteiger partial charge in [-0.3, -0.25) is 0 Å². The fourth-order valence-electron chi connectivity index (χ4n) is 5.19. The molecule has 3 rings (SSSR count). The number of rotatable bonds is 4. The zero-order valence-electron chi connectivity index (χ0n) is 11.3. The lowest BCUT2D eigenvalue weighted by atomic mass is 9.75. The molecule has 0 aromatic rings. The average molecular weight is 248 g/mol. The summed E-state index contributed by atoms with van der Waals surface area (Å²) in [5, 5.41) is 0. The maximum atomic E-state index is 11.1. The molecule has 0 radical (unpaired) electrons. The monoisotopic (exact) mass is 248 g/mol. The molecule has 0 aromatic heterocycles. The van der Waals surface area contributed by atoms with Gasteiger partial charge in [0.1, 0.15) is 0 Å². The zero-order valence-corrected chi connectivity index (χ0v) is 11.3. The van der Waals surface area contributed by atoms with Crippen LogP contribution in [-0.4, -0.2) is 12.6 Å². The highest BCUT2D eigenvalue weighted by Gasteiger charge is 2.55. The fourth-order valence-corrected chi connectivity index (χ4v) is 5.19. The Labute approximate surface area is 110 Å². The Morgan fingerprint density at radius 3 is 2.72 bits per heavy atom. The molecule has 3 saturated carbocycles. The van der Waals surface area contributed by atoms with Crippen molar-refractivity contribution >= 4 is 5.97 Å². The molecule has 0 spiro atoms. The van der Waals surface area contributed by atoms with E-state index in [0.717, 1.165) is 29.6 Å². The number of ether oxygens (including phenoxy) is 1. The average Bonchev–Trinajstić information content (AvgIpc) is 3.05. The van der Waals surface area contributed by atoms with Gasteiger partial charge in [-0.05, 0) is 61.2 Å². The Kier molecular flexibility index (Phi) is 3.21. The molecule has 0 N–H and O–H groups in total. The third kappa shape index (κ3) is 1.90. The van der Waals surface area contributed by atoms with Gasteiger partial charge in [0.05, 0.1) is 6.61 Å². The second-order valence-corrected chi connectivity index (χ2v) is 6.56. The molecule has 0 saturated heterocycles. The van der Waals surface area contributed by atoms with Crippen molar-refractivity contribution in [3.05, 3.63) is 12.7 Å². The van der Waals surface area contributed by atoms with Crippen LogP contribution in [0, 0.1) is 35.5 Å². The maximum Gasteiger partial charge on any atom is 0.330 e. The van der Waals surface area contributed by atoms with E-state index in [1.54, 1.807) is 0 Å². The van der Waals surface area contributed by atoms with E-state index in [1.165, 1.54) is 38.2 Å². The first-order valence-electron chi connectivity index (χ1n) is 7.52. The molecule has 3 aliphatic carbocycles. The Balaban J connectivity index is 1.56. The van der Waals surface area contributed by atoms with Gasteiger partial charge in [0, 0.05) is 6.08 Å². The van der Waals surface area contributed by atoms with Gasteiger partial charge >= 0.3 is 5.97 Å². The van der Waals surface area contributed by atoms with Gasteiger partial charge in [0.15, 0.2) is 0 Å². The first-order valence-corrected chi connectivity index (χ1v) is 7.52. The third-order valence-corrected chi connectivity index (χ3v) is 5.85. The normalized spacial score (nSPS) is 44.9. The van der Waals surface area contributed by atoms with E-state index in [2.05, 4.69) is 13.5 Å². The van der Waals surface area contributed by atoms with Crippen molar-refractivity contribution in [1.29, 1.82) is 0 Å². The molecule has 6 unspecified atom stereocenters. The highest BCUT2D eigenvalue weighted by molar-refractivity contribution is 5.81. The van der Waals surface area contributed by atoms with Crippen molar-refractivity contribution in [2.75, 3.05) is 6.61 Å². The molecule has 0 aliphatic heterocycles. The fraction of sp³-hybridized carbons (Fsp3) is 0.812. The molecule has 3 fully saturated rings. The Bertz CT molecular complexity index is 347. The first kappa shape index (κ1) is 12.3. The summed E-state index contributed by atoms with van der Waals surface area (Å²) in [6.45, 7) is 6.41. The minimum absolute atomic E-state index is 0.263. The van der Waals surface area contributed by atoms with Crippen molar-refractivity contribution in [2.45, 2.75) is 39.0 Å². The molecule has 6 atom stereocenters. The number of hydrogen-bond acceptors (Lipinski definition) is 2. The Morgan fingerprint density at radius 1 is 1.22 bits per heavy atom. The van der Waals surface area contributed by atoms with Gasteiger partial charge in [-0.15, -0.1) is 0 Å². The zero-order chi connectivity index (χ0) is 12.7. The van der Waals surface area contributed by atoms with Crippen LogP contribution in [-0.2, 0) is 9.53 Å². The molecule has 100 valence electrons. The van der Waals surface area contributed by atoms with Crippen LogP contribution < -0.4 is 0 Å². The Morgan fingerprint density at radius 2 is 2.00 bits per heavy atom. The van der Waals surface area contributed by atoms with E-state index >= 15 is 0 Å². The summed E-state index contributed by atoms with van der Waals surface area (Å²) < 4.78 is 5.23. The number of carbonyl (C=O) groups is 1. The van der Waals surface area contributed by atoms with E-state index in [9.17, 15) is 4.79 Å². The summed E-state index contributed by atoms with van der Waals surface area (Å²) in [5.41, 5.74) is 0. The van der Waals surface area contributed by atoms with E-state index < -0.39 is 0 Å². The second-order valence-electron chi connectivity index (χ2n) is 6.56. The van der Waals surface area contributed by atoms with Crippen LogP contribution in [0.3, 0.4) is 0 Å². The summed E-state index contributed by atoms with van der Waals surface area (Å²) in [6.07, 6.45) is 8.20. The molecule has 0 amide bonds. The number of hydrogen-bond donors (Lipinski definition) is 0. The predicted molar refractivity (Wildman–Crippen MR) is 70.9 cm³/mol. The van der Waals surface area contributed by atoms with E-state index in [4.69, 9.17) is 4.74 Å². The van der Waals surface area contributed by atoms with E-state index in [0.29, 0.717) is 12.5 Å². The van der Waals surface area contributed by atoms with Crippen LogP contribution in [0.4, 0.5) is 0 Å². The minimum atomic E-state index is -0.263. The van der Waals surface area contributed by atoms with Crippen LogP contribution in [0.15, 0.2) is 12.7 Å². The quantitative estimate of drug-likeness (QED) is 0.563. The summed E-state index contributed by atoms with van der Waals surface area (Å²) in [4.78, 5) is 11.1. The van der Waals surface area contributed by atoms with Crippen LogP contribution in [0.2, 0.25) is 0 Å². The molecule has 2 nitrogen and oxygen atoms in total. The summed E-state index contributed by atoms with van der Waals surface area (Å²) >= 11 is 0. The largest absolute Gasteiger partial charge is 0.462 e. The van der Waals surface area contributed by atoms with Crippen LogP contribution in [0.5, 0.6) is 0 Å². The smallest absolute Gasteiger partial charge is 0.330 e. The minimum Gasteiger partial charge on any atom is -0.462 e. The first-order chi connectivity index (χ1) is 8.72. The number of carbonyl (C=O) groups excluding carboxylic acids is 1. The van der Waals surface area contributed by atoms with Crippen LogP contribution >= 0.6 is 0 Å². The highest BCUT2D eigenvalue weighted by Crippen LogP contribution is 2.62. The topological polar surface area (TPSA) is 26.3 Å². The van der Waals surface area contributed by atoms with E-state index in [-0.39, 0.29) is 5.97 Å². The van der Waals surface area contributed by atoms with Gasteiger partial charge in [-0.2, -0.15) is 0 Å². The summed E-state index contributed by atoms with van der Waals surface area (Å²) in [7, 11) is 0. The highest BCUT2D eigenvalue weighted by atomic mass is 16.5. The molecule has 3 aliphatic rings. The molecule has 2 bridgehead atoms. The standard InChI is InChI=1S/C16H24O2/c1-3-11-7-12-8-14(11)15-6-10(5-13(12)15)9-18-16(17)4-2/h4,10-15H,2-3,5-9H2,1H3. The Hall–Kier alpha value is -0.790. The SMILES string of the molecule is C=CC(=O)OCC1CC2C3CC(CC)C(C3)C2C1.